The number of halogens is 3. The predicted molar refractivity (Wildman–Crippen MR) is 65.3 cm³/mol. The van der Waals surface area contributed by atoms with Crippen LogP contribution in [0, 0.1) is 17.5 Å². The molecule has 0 saturated heterocycles. The highest BCUT2D eigenvalue weighted by molar-refractivity contribution is 5.35. The molecule has 1 atom stereocenters. The van der Waals surface area contributed by atoms with Gasteiger partial charge in [0.25, 0.3) is 0 Å². The van der Waals surface area contributed by atoms with E-state index in [-0.39, 0.29) is 5.56 Å². The summed E-state index contributed by atoms with van der Waals surface area (Å²) in [6.45, 7) is 0. The van der Waals surface area contributed by atoms with Crippen molar-refractivity contribution in [2.24, 2.45) is 5.73 Å². The van der Waals surface area contributed by atoms with Gasteiger partial charge in [0.1, 0.15) is 5.75 Å². The Labute approximate surface area is 108 Å². The van der Waals surface area contributed by atoms with E-state index in [4.69, 9.17) is 10.5 Å². The molecule has 19 heavy (non-hydrogen) atoms. The molecule has 0 saturated carbocycles. The number of hydrogen-bond acceptors (Lipinski definition) is 2. The van der Waals surface area contributed by atoms with Crippen LogP contribution in [-0.4, -0.2) is 7.11 Å². The number of benzene rings is 2. The fourth-order valence-corrected chi connectivity index (χ4v) is 1.76. The van der Waals surface area contributed by atoms with Gasteiger partial charge in [0, 0.05) is 0 Å². The van der Waals surface area contributed by atoms with Gasteiger partial charge < -0.3 is 10.5 Å². The van der Waals surface area contributed by atoms with Crippen molar-refractivity contribution in [3.05, 3.63) is 65.0 Å². The second kappa shape index (κ2) is 5.32. The summed E-state index contributed by atoms with van der Waals surface area (Å²) >= 11 is 0. The maximum atomic E-state index is 13.1. The first-order valence-corrected chi connectivity index (χ1v) is 5.57. The van der Waals surface area contributed by atoms with Crippen molar-refractivity contribution in [2.45, 2.75) is 6.04 Å². The van der Waals surface area contributed by atoms with Crippen LogP contribution in [0.15, 0.2) is 36.4 Å². The second-order valence-corrected chi connectivity index (χ2v) is 4.05. The maximum Gasteiger partial charge on any atom is 0.194 e. The molecule has 100 valence electrons. The van der Waals surface area contributed by atoms with Crippen LogP contribution in [0.2, 0.25) is 0 Å². The lowest BCUT2D eigenvalue weighted by molar-refractivity contribution is 0.414. The smallest absolute Gasteiger partial charge is 0.194 e. The molecule has 2 aromatic carbocycles. The first-order valence-electron chi connectivity index (χ1n) is 5.57. The van der Waals surface area contributed by atoms with Gasteiger partial charge in [-0.05, 0) is 35.4 Å². The van der Waals surface area contributed by atoms with E-state index in [1.54, 1.807) is 24.3 Å². The van der Waals surface area contributed by atoms with Crippen molar-refractivity contribution in [2.75, 3.05) is 7.11 Å². The van der Waals surface area contributed by atoms with Gasteiger partial charge in [-0.25, -0.2) is 13.2 Å². The summed E-state index contributed by atoms with van der Waals surface area (Å²) in [5.74, 6) is -3.35. The topological polar surface area (TPSA) is 35.2 Å². The van der Waals surface area contributed by atoms with E-state index in [1.165, 1.54) is 7.11 Å². The number of rotatable bonds is 3. The van der Waals surface area contributed by atoms with Crippen LogP contribution in [-0.2, 0) is 0 Å². The largest absolute Gasteiger partial charge is 0.497 e. The average molecular weight is 267 g/mol. The van der Waals surface area contributed by atoms with Crippen molar-refractivity contribution in [3.63, 3.8) is 0 Å². The van der Waals surface area contributed by atoms with Crippen LogP contribution in [0.25, 0.3) is 0 Å². The van der Waals surface area contributed by atoms with Crippen LogP contribution in [0.1, 0.15) is 17.2 Å². The minimum atomic E-state index is -1.49. The Morgan fingerprint density at radius 3 is 1.95 bits per heavy atom. The van der Waals surface area contributed by atoms with Gasteiger partial charge >= 0.3 is 0 Å². The predicted octanol–water partition coefficient (Wildman–Crippen LogP) is 3.16. The van der Waals surface area contributed by atoms with E-state index in [9.17, 15) is 13.2 Å². The summed E-state index contributed by atoms with van der Waals surface area (Å²) in [7, 11) is 1.53. The van der Waals surface area contributed by atoms with Gasteiger partial charge in [0.15, 0.2) is 17.5 Å². The van der Waals surface area contributed by atoms with Crippen molar-refractivity contribution in [1.82, 2.24) is 0 Å². The number of ether oxygens (including phenoxy) is 1. The van der Waals surface area contributed by atoms with E-state index >= 15 is 0 Å². The molecular formula is C14H12F3NO. The lowest BCUT2D eigenvalue weighted by Gasteiger charge is -2.13. The van der Waals surface area contributed by atoms with Gasteiger partial charge in [-0.3, -0.25) is 0 Å². The zero-order chi connectivity index (χ0) is 14.0. The fraction of sp³-hybridized carbons (Fsp3) is 0.143. The highest BCUT2D eigenvalue weighted by Crippen LogP contribution is 2.24. The third kappa shape index (κ3) is 2.71. The molecule has 0 heterocycles. The van der Waals surface area contributed by atoms with Crippen LogP contribution in [0.3, 0.4) is 0 Å². The van der Waals surface area contributed by atoms with E-state index in [0.29, 0.717) is 11.3 Å². The monoisotopic (exact) mass is 267 g/mol. The fourth-order valence-electron chi connectivity index (χ4n) is 1.76. The van der Waals surface area contributed by atoms with E-state index in [2.05, 4.69) is 0 Å². The molecule has 2 rings (SSSR count). The molecular weight excluding hydrogens is 255 g/mol. The molecule has 0 aliphatic carbocycles. The van der Waals surface area contributed by atoms with Crippen LogP contribution >= 0.6 is 0 Å². The van der Waals surface area contributed by atoms with Gasteiger partial charge in [0.2, 0.25) is 0 Å². The molecule has 2 nitrogen and oxygen atoms in total. The Morgan fingerprint density at radius 2 is 1.47 bits per heavy atom. The summed E-state index contributed by atoms with van der Waals surface area (Å²) in [4.78, 5) is 0. The van der Waals surface area contributed by atoms with Crippen molar-refractivity contribution in [1.29, 1.82) is 0 Å². The minimum absolute atomic E-state index is 0.168. The highest BCUT2D eigenvalue weighted by atomic mass is 19.2. The molecule has 0 fully saturated rings. The second-order valence-electron chi connectivity index (χ2n) is 4.05. The van der Waals surface area contributed by atoms with Gasteiger partial charge in [-0.2, -0.15) is 0 Å². The molecule has 5 heteroatoms. The molecule has 0 spiro atoms. The summed E-state index contributed by atoms with van der Waals surface area (Å²) in [6.07, 6.45) is 0. The van der Waals surface area contributed by atoms with E-state index in [1.807, 2.05) is 0 Å². The van der Waals surface area contributed by atoms with Gasteiger partial charge in [-0.1, -0.05) is 12.1 Å². The first-order chi connectivity index (χ1) is 9.02. The third-order valence-electron chi connectivity index (χ3n) is 2.84. The summed E-state index contributed by atoms with van der Waals surface area (Å²) in [6, 6.07) is 7.79. The summed E-state index contributed by atoms with van der Waals surface area (Å²) in [5.41, 5.74) is 6.71. The lowest BCUT2D eigenvalue weighted by Crippen LogP contribution is -2.13. The van der Waals surface area contributed by atoms with Gasteiger partial charge in [0.05, 0.1) is 13.2 Å². The Balaban J connectivity index is 2.35. The molecule has 0 amide bonds. The highest BCUT2D eigenvalue weighted by Gasteiger charge is 2.16. The molecule has 0 bridgehead atoms. The lowest BCUT2D eigenvalue weighted by atomic mass is 9.99. The molecule has 2 N–H and O–H groups in total. The Hall–Kier alpha value is -2.01. The molecule has 0 aliphatic rings. The Bertz CT molecular complexity index is 561. The first kappa shape index (κ1) is 13.4. The number of nitrogens with two attached hydrogens (primary N) is 1. The Morgan fingerprint density at radius 1 is 0.947 bits per heavy atom. The molecule has 2 aromatic rings. The maximum absolute atomic E-state index is 13.1. The SMILES string of the molecule is COc1ccc(C(N)c2cc(F)c(F)c(F)c2)cc1. The van der Waals surface area contributed by atoms with E-state index in [0.717, 1.165) is 12.1 Å². The Kier molecular flexibility index (Phi) is 3.76. The zero-order valence-corrected chi connectivity index (χ0v) is 10.2. The van der Waals surface area contributed by atoms with Gasteiger partial charge in [-0.15, -0.1) is 0 Å². The average Bonchev–Trinajstić information content (AvgIpc) is 2.43. The third-order valence-corrected chi connectivity index (χ3v) is 2.84. The van der Waals surface area contributed by atoms with Crippen molar-refractivity contribution < 1.29 is 17.9 Å². The molecule has 0 aliphatic heterocycles. The summed E-state index contributed by atoms with van der Waals surface area (Å²) in [5, 5.41) is 0. The zero-order valence-electron chi connectivity index (χ0n) is 10.2. The van der Waals surface area contributed by atoms with Crippen LogP contribution in [0.5, 0.6) is 5.75 Å². The van der Waals surface area contributed by atoms with Crippen LogP contribution < -0.4 is 10.5 Å². The van der Waals surface area contributed by atoms with Crippen LogP contribution in [0.4, 0.5) is 13.2 Å². The summed E-state index contributed by atoms with van der Waals surface area (Å²) < 4.78 is 44.2. The van der Waals surface area contributed by atoms with Crippen molar-refractivity contribution in [3.8, 4) is 5.75 Å². The molecule has 1 unspecified atom stereocenters. The van der Waals surface area contributed by atoms with Crippen molar-refractivity contribution >= 4 is 0 Å². The number of methoxy groups -OCH3 is 1. The quantitative estimate of drug-likeness (QED) is 0.867. The number of hydrogen-bond donors (Lipinski definition) is 1. The normalized spacial score (nSPS) is 12.3. The minimum Gasteiger partial charge on any atom is -0.497 e. The molecule has 0 radical (unpaired) electrons. The standard InChI is InChI=1S/C14H12F3NO/c1-19-10-4-2-8(3-5-10)14(18)9-6-11(15)13(17)12(16)7-9/h2-7,14H,18H2,1H3. The molecule has 0 aromatic heterocycles. The van der Waals surface area contributed by atoms with E-state index < -0.39 is 23.5 Å².